The molecule has 102 valence electrons. The van der Waals surface area contributed by atoms with Crippen LogP contribution in [-0.2, 0) is 10.0 Å². The quantitative estimate of drug-likeness (QED) is 0.716. The van der Waals surface area contributed by atoms with Gasteiger partial charge in [-0.05, 0) is 37.5 Å². The molecular formula is C12H25NO3S. The van der Waals surface area contributed by atoms with E-state index in [1.54, 1.807) is 0 Å². The highest BCUT2D eigenvalue weighted by Crippen LogP contribution is 2.35. The van der Waals surface area contributed by atoms with Crippen LogP contribution in [0.4, 0.5) is 0 Å². The van der Waals surface area contributed by atoms with Crippen LogP contribution in [0.3, 0.4) is 0 Å². The Morgan fingerprint density at radius 1 is 1.35 bits per heavy atom. The van der Waals surface area contributed by atoms with E-state index in [4.69, 9.17) is 5.11 Å². The fraction of sp³-hybridized carbons (Fsp3) is 1.00. The second-order valence-electron chi connectivity index (χ2n) is 5.82. The third kappa shape index (κ3) is 5.84. The lowest BCUT2D eigenvalue weighted by molar-refractivity contribution is 0.212. The Morgan fingerprint density at radius 3 is 2.65 bits per heavy atom. The van der Waals surface area contributed by atoms with Crippen molar-refractivity contribution in [1.29, 1.82) is 0 Å². The normalized spacial score (nSPS) is 24.8. The van der Waals surface area contributed by atoms with Crippen LogP contribution in [0, 0.1) is 5.41 Å². The molecule has 4 nitrogen and oxygen atoms in total. The van der Waals surface area contributed by atoms with Crippen LogP contribution >= 0.6 is 0 Å². The predicted octanol–water partition coefficient (Wildman–Crippen LogP) is 1.65. The fourth-order valence-corrected chi connectivity index (χ4v) is 3.93. The maximum Gasteiger partial charge on any atom is 0.211 e. The van der Waals surface area contributed by atoms with Gasteiger partial charge in [0.1, 0.15) is 0 Å². The molecule has 0 spiro atoms. The van der Waals surface area contributed by atoms with E-state index >= 15 is 0 Å². The molecule has 17 heavy (non-hydrogen) atoms. The number of hydrogen-bond donors (Lipinski definition) is 2. The molecule has 0 amide bonds. The van der Waals surface area contributed by atoms with Crippen molar-refractivity contribution < 1.29 is 13.5 Å². The Labute approximate surface area is 105 Å². The summed E-state index contributed by atoms with van der Waals surface area (Å²) in [7, 11) is -3.16. The molecule has 1 atom stereocenters. The molecule has 0 heterocycles. The number of hydrogen-bond acceptors (Lipinski definition) is 3. The molecule has 0 aromatic rings. The van der Waals surface area contributed by atoms with Crippen molar-refractivity contribution in [3.05, 3.63) is 0 Å². The second kappa shape index (κ2) is 6.16. The van der Waals surface area contributed by atoms with E-state index in [1.807, 2.05) is 0 Å². The van der Waals surface area contributed by atoms with Crippen LogP contribution in [-0.4, -0.2) is 31.9 Å². The molecule has 5 heteroatoms. The molecule has 0 saturated heterocycles. The lowest BCUT2D eigenvalue weighted by Crippen LogP contribution is -2.41. The summed E-state index contributed by atoms with van der Waals surface area (Å²) in [6, 6.07) is 0.0953. The molecule has 2 N–H and O–H groups in total. The van der Waals surface area contributed by atoms with Crippen LogP contribution in [0.5, 0.6) is 0 Å². The Hall–Kier alpha value is -0.130. The lowest BCUT2D eigenvalue weighted by Gasteiger charge is -2.35. The van der Waals surface area contributed by atoms with E-state index in [0.717, 1.165) is 19.3 Å². The topological polar surface area (TPSA) is 66.4 Å². The van der Waals surface area contributed by atoms with E-state index < -0.39 is 10.0 Å². The summed E-state index contributed by atoms with van der Waals surface area (Å²) in [6.07, 6.45) is 5.22. The third-order valence-corrected chi connectivity index (χ3v) is 4.89. The van der Waals surface area contributed by atoms with Gasteiger partial charge in [-0.2, -0.15) is 0 Å². The minimum atomic E-state index is -3.16. The Balaban J connectivity index is 2.41. The number of nitrogens with one attached hydrogen (secondary N) is 1. The van der Waals surface area contributed by atoms with Gasteiger partial charge in [-0.25, -0.2) is 13.1 Å². The number of aliphatic hydroxyl groups is 1. The SMILES string of the molecule is CC1(C)CCCC(NS(=O)(=O)CCCCO)C1. The van der Waals surface area contributed by atoms with Crippen LogP contribution in [0.15, 0.2) is 0 Å². The van der Waals surface area contributed by atoms with Gasteiger partial charge in [-0.15, -0.1) is 0 Å². The molecule has 1 aliphatic carbocycles. The number of unbranched alkanes of at least 4 members (excludes halogenated alkanes) is 1. The molecule has 0 aromatic heterocycles. The molecule has 1 unspecified atom stereocenters. The van der Waals surface area contributed by atoms with Gasteiger partial charge in [-0.1, -0.05) is 20.3 Å². The number of rotatable bonds is 6. The summed E-state index contributed by atoms with van der Waals surface area (Å²) in [5.41, 5.74) is 0.247. The van der Waals surface area contributed by atoms with Crippen LogP contribution < -0.4 is 4.72 Å². The first-order chi connectivity index (χ1) is 7.85. The summed E-state index contributed by atoms with van der Waals surface area (Å²) < 4.78 is 26.4. The third-order valence-electron chi connectivity index (χ3n) is 3.37. The molecule has 0 radical (unpaired) electrons. The highest BCUT2D eigenvalue weighted by Gasteiger charge is 2.30. The van der Waals surface area contributed by atoms with Crippen molar-refractivity contribution in [3.63, 3.8) is 0 Å². The number of sulfonamides is 1. The molecule has 0 aromatic carbocycles. The van der Waals surface area contributed by atoms with Gasteiger partial charge in [0.05, 0.1) is 5.75 Å². The van der Waals surface area contributed by atoms with E-state index in [2.05, 4.69) is 18.6 Å². The van der Waals surface area contributed by atoms with Gasteiger partial charge in [0.25, 0.3) is 0 Å². The van der Waals surface area contributed by atoms with Crippen molar-refractivity contribution in [2.24, 2.45) is 5.41 Å². The van der Waals surface area contributed by atoms with Crippen molar-refractivity contribution in [1.82, 2.24) is 4.72 Å². The standard InChI is InChI=1S/C12H25NO3S/c1-12(2)7-5-6-11(10-12)13-17(15,16)9-4-3-8-14/h11,13-14H,3-10H2,1-2H3. The molecule has 1 aliphatic rings. The van der Waals surface area contributed by atoms with Gasteiger partial charge in [0, 0.05) is 12.6 Å². The highest BCUT2D eigenvalue weighted by atomic mass is 32.2. The summed E-state index contributed by atoms with van der Waals surface area (Å²) >= 11 is 0. The first-order valence-electron chi connectivity index (χ1n) is 6.45. The van der Waals surface area contributed by atoms with E-state index in [0.29, 0.717) is 12.8 Å². The van der Waals surface area contributed by atoms with E-state index in [1.165, 1.54) is 6.42 Å². The lowest BCUT2D eigenvalue weighted by atomic mass is 9.75. The summed E-state index contributed by atoms with van der Waals surface area (Å²) in [6.45, 7) is 4.45. The first-order valence-corrected chi connectivity index (χ1v) is 8.11. The van der Waals surface area contributed by atoms with Crippen molar-refractivity contribution in [3.8, 4) is 0 Å². The fourth-order valence-electron chi connectivity index (χ4n) is 2.52. The Morgan fingerprint density at radius 2 is 2.06 bits per heavy atom. The molecule has 1 rings (SSSR count). The molecule has 1 saturated carbocycles. The van der Waals surface area contributed by atoms with Gasteiger partial charge in [-0.3, -0.25) is 0 Å². The van der Waals surface area contributed by atoms with Gasteiger partial charge in [0.2, 0.25) is 10.0 Å². The zero-order valence-electron chi connectivity index (χ0n) is 10.9. The van der Waals surface area contributed by atoms with Crippen molar-refractivity contribution >= 4 is 10.0 Å². The van der Waals surface area contributed by atoms with Crippen molar-refractivity contribution in [2.75, 3.05) is 12.4 Å². The molecular weight excluding hydrogens is 238 g/mol. The predicted molar refractivity (Wildman–Crippen MR) is 69.3 cm³/mol. The Kier molecular flexibility index (Phi) is 5.41. The second-order valence-corrected chi connectivity index (χ2v) is 7.70. The van der Waals surface area contributed by atoms with E-state index in [-0.39, 0.29) is 23.8 Å². The van der Waals surface area contributed by atoms with Crippen molar-refractivity contribution in [2.45, 2.75) is 58.4 Å². The summed E-state index contributed by atoms with van der Waals surface area (Å²) in [4.78, 5) is 0. The first kappa shape index (κ1) is 14.9. The number of aliphatic hydroxyl groups excluding tert-OH is 1. The zero-order chi connectivity index (χ0) is 12.9. The van der Waals surface area contributed by atoms with Crippen LogP contribution in [0.2, 0.25) is 0 Å². The largest absolute Gasteiger partial charge is 0.396 e. The average molecular weight is 263 g/mol. The zero-order valence-corrected chi connectivity index (χ0v) is 11.7. The Bertz CT molecular complexity index is 325. The molecule has 0 aliphatic heterocycles. The minimum absolute atomic E-state index is 0.0615. The highest BCUT2D eigenvalue weighted by molar-refractivity contribution is 7.89. The van der Waals surface area contributed by atoms with Gasteiger partial charge >= 0.3 is 0 Å². The average Bonchev–Trinajstić information content (AvgIpc) is 2.15. The van der Waals surface area contributed by atoms with Crippen LogP contribution in [0.25, 0.3) is 0 Å². The summed E-state index contributed by atoms with van der Waals surface area (Å²) in [5, 5.41) is 8.64. The van der Waals surface area contributed by atoms with Gasteiger partial charge < -0.3 is 5.11 Å². The summed E-state index contributed by atoms with van der Waals surface area (Å²) in [5.74, 6) is 0.129. The van der Waals surface area contributed by atoms with E-state index in [9.17, 15) is 8.42 Å². The maximum absolute atomic E-state index is 11.8. The van der Waals surface area contributed by atoms with Crippen LogP contribution in [0.1, 0.15) is 52.4 Å². The molecule has 0 bridgehead atoms. The monoisotopic (exact) mass is 263 g/mol. The molecule has 1 fully saturated rings. The maximum atomic E-state index is 11.8. The van der Waals surface area contributed by atoms with Gasteiger partial charge in [0.15, 0.2) is 0 Å². The minimum Gasteiger partial charge on any atom is -0.396 e. The smallest absolute Gasteiger partial charge is 0.211 e.